The number of fused-ring (bicyclic) bond motifs is 1. The van der Waals surface area contributed by atoms with Crippen LogP contribution in [0, 0.1) is 5.21 Å². The lowest BCUT2D eigenvalue weighted by molar-refractivity contribution is -0.605. The molecule has 0 aliphatic heterocycles. The number of nitrogens with zero attached hydrogens (tertiary/aromatic N) is 4. The van der Waals surface area contributed by atoms with Crippen LogP contribution in [0.1, 0.15) is 53.0 Å². The van der Waals surface area contributed by atoms with E-state index >= 15 is 0 Å². The molecular formula is C21H19F2N5O2. The van der Waals surface area contributed by atoms with Crippen LogP contribution in [-0.2, 0) is 17.9 Å². The summed E-state index contributed by atoms with van der Waals surface area (Å²) in [4.78, 5) is 17.2. The van der Waals surface area contributed by atoms with Crippen molar-refractivity contribution in [3.63, 3.8) is 0 Å². The van der Waals surface area contributed by atoms with Crippen LogP contribution < -0.4 is 10.0 Å². The Bertz CT molecular complexity index is 1130. The molecule has 154 valence electrons. The van der Waals surface area contributed by atoms with Crippen molar-refractivity contribution in [1.29, 1.82) is 0 Å². The third-order valence-corrected chi connectivity index (χ3v) is 5.77. The molecule has 2 aliphatic carbocycles. The molecule has 2 aliphatic rings. The van der Waals surface area contributed by atoms with E-state index in [4.69, 9.17) is 0 Å². The summed E-state index contributed by atoms with van der Waals surface area (Å²) in [5.74, 6) is -3.70. The van der Waals surface area contributed by atoms with Crippen LogP contribution >= 0.6 is 0 Å². The van der Waals surface area contributed by atoms with Gasteiger partial charge in [-0.25, -0.2) is 9.67 Å². The van der Waals surface area contributed by atoms with Gasteiger partial charge in [0, 0.05) is 12.0 Å². The van der Waals surface area contributed by atoms with E-state index in [9.17, 15) is 18.8 Å². The van der Waals surface area contributed by atoms with Crippen LogP contribution in [0.25, 0.3) is 5.82 Å². The van der Waals surface area contributed by atoms with Crippen LogP contribution in [0.4, 0.5) is 8.78 Å². The van der Waals surface area contributed by atoms with Gasteiger partial charge in [-0.3, -0.25) is 4.79 Å². The van der Waals surface area contributed by atoms with Gasteiger partial charge in [0.25, 0.3) is 11.8 Å². The van der Waals surface area contributed by atoms with Crippen LogP contribution in [-0.4, -0.2) is 20.7 Å². The molecule has 5 rings (SSSR count). The van der Waals surface area contributed by atoms with Crippen molar-refractivity contribution in [2.24, 2.45) is 0 Å². The molecule has 7 nitrogen and oxygen atoms in total. The predicted octanol–water partition coefficient (Wildman–Crippen LogP) is 2.75. The summed E-state index contributed by atoms with van der Waals surface area (Å²) in [6.45, 7) is 0. The summed E-state index contributed by atoms with van der Waals surface area (Å²) in [7, 11) is 0. The standard InChI is InChI=1S/C21H19F2N5O2/c22-21(23)8-4-7-15-17(26-28(18(15)21)16-13-27(30)12-11-24-16)19(29)25-20(9-10-20)14-5-2-1-3-6-14/h1-3,5-6,11-13H,4,7-10H2,(H,25,29). The second kappa shape index (κ2) is 6.58. The smallest absolute Gasteiger partial charge is 0.290 e. The van der Waals surface area contributed by atoms with Gasteiger partial charge in [-0.15, -0.1) is 0 Å². The number of amides is 1. The Hall–Kier alpha value is -3.36. The highest BCUT2D eigenvalue weighted by Crippen LogP contribution is 2.46. The fourth-order valence-corrected chi connectivity index (χ4v) is 4.14. The minimum Gasteiger partial charge on any atom is -0.619 e. The van der Waals surface area contributed by atoms with Crippen molar-refractivity contribution >= 4 is 5.91 Å². The van der Waals surface area contributed by atoms with E-state index in [0.717, 1.165) is 35.5 Å². The molecule has 9 heteroatoms. The summed E-state index contributed by atoms with van der Waals surface area (Å²) < 4.78 is 31.1. The maximum atomic E-state index is 14.8. The molecule has 0 radical (unpaired) electrons. The minimum atomic E-state index is -3.17. The van der Waals surface area contributed by atoms with Crippen molar-refractivity contribution in [3.05, 3.63) is 76.6 Å². The Balaban J connectivity index is 1.57. The second-order valence-corrected chi connectivity index (χ2v) is 7.82. The van der Waals surface area contributed by atoms with E-state index in [0.29, 0.717) is 11.2 Å². The molecule has 0 atom stereocenters. The van der Waals surface area contributed by atoms with Crippen molar-refractivity contribution in [1.82, 2.24) is 20.1 Å². The Kier molecular flexibility index (Phi) is 4.09. The summed E-state index contributed by atoms with van der Waals surface area (Å²) in [6, 6.07) is 9.58. The van der Waals surface area contributed by atoms with E-state index in [1.165, 1.54) is 6.20 Å². The SMILES string of the molecule is O=C(NC1(c2ccccc2)CC1)c1nn(-c2c[n+]([O-])ccn2)c2c1CCCC2(F)F. The van der Waals surface area contributed by atoms with Gasteiger partial charge < -0.3 is 10.5 Å². The van der Waals surface area contributed by atoms with Gasteiger partial charge >= 0.3 is 0 Å². The van der Waals surface area contributed by atoms with Crippen molar-refractivity contribution in [2.75, 3.05) is 0 Å². The van der Waals surface area contributed by atoms with Crippen LogP contribution in [0.3, 0.4) is 0 Å². The predicted molar refractivity (Wildman–Crippen MR) is 102 cm³/mol. The summed E-state index contributed by atoms with van der Waals surface area (Å²) in [6.07, 6.45) is 5.21. The average Bonchev–Trinajstić information content (AvgIpc) is 3.39. The molecule has 2 aromatic heterocycles. The number of carbonyl (C=O) groups excluding carboxylic acids is 1. The molecule has 0 unspecified atom stereocenters. The van der Waals surface area contributed by atoms with Gasteiger partial charge in [0.2, 0.25) is 12.0 Å². The molecule has 1 N–H and O–H groups in total. The lowest BCUT2D eigenvalue weighted by atomic mass is 9.92. The van der Waals surface area contributed by atoms with Gasteiger partial charge in [-0.2, -0.15) is 18.6 Å². The van der Waals surface area contributed by atoms with Crippen molar-refractivity contribution < 1.29 is 18.3 Å². The number of hydrogen-bond donors (Lipinski definition) is 1. The van der Waals surface area contributed by atoms with E-state index < -0.39 is 17.4 Å². The minimum absolute atomic E-state index is 0.0327. The number of rotatable bonds is 4. The molecule has 0 bridgehead atoms. The normalized spacial score (nSPS) is 18.5. The van der Waals surface area contributed by atoms with Crippen LogP contribution in [0.15, 0.2) is 48.9 Å². The van der Waals surface area contributed by atoms with Gasteiger partial charge in [-0.1, -0.05) is 30.3 Å². The van der Waals surface area contributed by atoms with Crippen LogP contribution in [0.2, 0.25) is 0 Å². The van der Waals surface area contributed by atoms with Gasteiger partial charge in [0.05, 0.1) is 11.7 Å². The first-order chi connectivity index (χ1) is 14.4. The van der Waals surface area contributed by atoms with E-state index in [2.05, 4.69) is 15.4 Å². The first-order valence-electron chi connectivity index (χ1n) is 9.83. The summed E-state index contributed by atoms with van der Waals surface area (Å²) in [5, 5.41) is 18.9. The molecule has 1 saturated carbocycles. The monoisotopic (exact) mass is 411 g/mol. The highest BCUT2D eigenvalue weighted by Gasteiger charge is 2.48. The largest absolute Gasteiger partial charge is 0.619 e. The lowest BCUT2D eigenvalue weighted by Crippen LogP contribution is -2.35. The summed E-state index contributed by atoms with van der Waals surface area (Å²) >= 11 is 0. The molecule has 30 heavy (non-hydrogen) atoms. The molecule has 3 aromatic rings. The van der Waals surface area contributed by atoms with Crippen LogP contribution in [0.5, 0.6) is 0 Å². The first kappa shape index (κ1) is 18.7. The zero-order valence-electron chi connectivity index (χ0n) is 16.0. The Morgan fingerprint density at radius 2 is 1.97 bits per heavy atom. The van der Waals surface area contributed by atoms with Gasteiger partial charge in [-0.05, 0) is 31.2 Å². The topological polar surface area (TPSA) is 86.8 Å². The third kappa shape index (κ3) is 3.01. The number of benzene rings is 1. The number of carbonyl (C=O) groups is 1. The average molecular weight is 411 g/mol. The second-order valence-electron chi connectivity index (χ2n) is 7.82. The molecular weight excluding hydrogens is 392 g/mol. The van der Waals surface area contributed by atoms with E-state index in [1.807, 2.05) is 30.3 Å². The Morgan fingerprint density at radius 1 is 1.20 bits per heavy atom. The fourth-order valence-electron chi connectivity index (χ4n) is 4.14. The fraction of sp³-hybridized carbons (Fsp3) is 0.333. The van der Waals surface area contributed by atoms with E-state index in [-0.39, 0.29) is 35.6 Å². The Labute approximate surface area is 171 Å². The van der Waals surface area contributed by atoms with Gasteiger partial charge in [0.15, 0.2) is 11.9 Å². The molecule has 0 saturated heterocycles. The maximum Gasteiger partial charge on any atom is 0.290 e. The highest BCUT2D eigenvalue weighted by atomic mass is 19.3. The number of aromatic nitrogens is 4. The first-order valence-corrected chi connectivity index (χ1v) is 9.83. The zero-order valence-corrected chi connectivity index (χ0v) is 16.0. The third-order valence-electron chi connectivity index (χ3n) is 5.77. The lowest BCUT2D eigenvalue weighted by Gasteiger charge is -2.23. The summed E-state index contributed by atoms with van der Waals surface area (Å²) in [5.41, 5.74) is 0.316. The van der Waals surface area contributed by atoms with Gasteiger partial charge in [0.1, 0.15) is 5.69 Å². The van der Waals surface area contributed by atoms with Crippen molar-refractivity contribution in [2.45, 2.75) is 43.6 Å². The number of alkyl halides is 2. The zero-order chi connectivity index (χ0) is 20.9. The maximum absolute atomic E-state index is 14.8. The molecule has 1 aromatic carbocycles. The molecule has 1 amide bonds. The number of nitrogens with one attached hydrogen (secondary N) is 1. The number of halogens is 2. The highest BCUT2D eigenvalue weighted by molar-refractivity contribution is 5.95. The quantitative estimate of drug-likeness (QED) is 0.528. The molecule has 1 fully saturated rings. The Morgan fingerprint density at radius 3 is 2.67 bits per heavy atom. The molecule has 2 heterocycles. The van der Waals surface area contributed by atoms with Crippen molar-refractivity contribution in [3.8, 4) is 5.82 Å². The van der Waals surface area contributed by atoms with E-state index in [1.54, 1.807) is 0 Å². The number of hydrogen-bond acceptors (Lipinski definition) is 4. The molecule has 0 spiro atoms.